The number of nitrogens with two attached hydrogens (primary N) is 1. The molecule has 0 spiro atoms. The topological polar surface area (TPSA) is 38.0 Å². The first-order valence-corrected chi connectivity index (χ1v) is 6.22. The van der Waals surface area contributed by atoms with Crippen LogP contribution in [0.5, 0.6) is 0 Å². The van der Waals surface area contributed by atoms with Crippen LogP contribution in [0.25, 0.3) is 0 Å². The van der Waals surface area contributed by atoms with E-state index in [2.05, 4.69) is 26.1 Å². The minimum Gasteiger partial charge on any atom is -0.329 e. The van der Waals surface area contributed by atoms with Crippen LogP contribution < -0.4 is 11.1 Å². The molecular weight excluding hydrogens is 180 g/mol. The largest absolute Gasteiger partial charge is 0.329 e. The van der Waals surface area contributed by atoms with Gasteiger partial charge < -0.3 is 11.1 Å². The van der Waals surface area contributed by atoms with Gasteiger partial charge in [-0.1, -0.05) is 20.8 Å². The van der Waals surface area contributed by atoms with Crippen LogP contribution in [0.4, 0.5) is 0 Å². The summed E-state index contributed by atoms with van der Waals surface area (Å²) in [4.78, 5) is 0. The van der Waals surface area contributed by atoms with Crippen molar-refractivity contribution in [1.82, 2.24) is 5.32 Å². The van der Waals surface area contributed by atoms with Crippen LogP contribution >= 0.6 is 11.8 Å². The van der Waals surface area contributed by atoms with Gasteiger partial charge >= 0.3 is 0 Å². The maximum Gasteiger partial charge on any atom is 0.0429 e. The minimum atomic E-state index is 0.217. The summed E-state index contributed by atoms with van der Waals surface area (Å²) in [5.41, 5.74) is 6.09. The second-order valence-electron chi connectivity index (χ2n) is 4.40. The van der Waals surface area contributed by atoms with Crippen LogP contribution in [0.3, 0.4) is 0 Å². The van der Waals surface area contributed by atoms with Gasteiger partial charge in [0.05, 0.1) is 0 Å². The van der Waals surface area contributed by atoms with Crippen LogP contribution in [-0.2, 0) is 0 Å². The molecule has 1 aliphatic heterocycles. The van der Waals surface area contributed by atoms with E-state index in [9.17, 15) is 0 Å². The molecule has 0 aromatic rings. The van der Waals surface area contributed by atoms with Crippen molar-refractivity contribution in [3.63, 3.8) is 0 Å². The molecule has 0 amide bonds. The third-order valence-electron chi connectivity index (χ3n) is 2.92. The van der Waals surface area contributed by atoms with Crippen LogP contribution in [0.2, 0.25) is 0 Å². The summed E-state index contributed by atoms with van der Waals surface area (Å²) in [6.07, 6.45) is 1.22. The summed E-state index contributed by atoms with van der Waals surface area (Å²) in [6, 6.07) is 0. The molecule has 1 rings (SSSR count). The van der Waals surface area contributed by atoms with E-state index >= 15 is 0 Å². The smallest absolute Gasteiger partial charge is 0.0429 e. The van der Waals surface area contributed by atoms with E-state index < -0.39 is 0 Å². The van der Waals surface area contributed by atoms with Crippen molar-refractivity contribution >= 4 is 11.8 Å². The highest BCUT2D eigenvalue weighted by Crippen LogP contribution is 2.34. The number of hydrogen-bond acceptors (Lipinski definition) is 3. The van der Waals surface area contributed by atoms with E-state index in [-0.39, 0.29) is 5.54 Å². The first-order chi connectivity index (χ1) is 6.10. The molecule has 0 aromatic carbocycles. The van der Waals surface area contributed by atoms with E-state index in [0.717, 1.165) is 13.1 Å². The van der Waals surface area contributed by atoms with E-state index in [1.54, 1.807) is 0 Å². The lowest BCUT2D eigenvalue weighted by atomic mass is 9.92. The Morgan fingerprint density at radius 3 is 2.69 bits per heavy atom. The zero-order valence-corrected chi connectivity index (χ0v) is 9.79. The van der Waals surface area contributed by atoms with Gasteiger partial charge in [0.2, 0.25) is 0 Å². The average Bonchev–Trinajstić information content (AvgIpc) is 2.45. The molecule has 1 fully saturated rings. The Balaban J connectivity index is 2.49. The Morgan fingerprint density at radius 2 is 2.31 bits per heavy atom. The number of nitrogens with one attached hydrogen (secondary N) is 1. The van der Waals surface area contributed by atoms with Gasteiger partial charge in [0, 0.05) is 17.3 Å². The monoisotopic (exact) mass is 202 g/mol. The predicted octanol–water partition coefficient (Wildman–Crippen LogP) is 1.45. The quantitative estimate of drug-likeness (QED) is 0.725. The third kappa shape index (κ3) is 2.61. The second kappa shape index (κ2) is 4.67. The summed E-state index contributed by atoms with van der Waals surface area (Å²) < 4.78 is 0. The molecule has 0 aromatic heterocycles. The summed E-state index contributed by atoms with van der Waals surface area (Å²) in [6.45, 7) is 8.63. The molecule has 1 heterocycles. The Labute approximate surface area is 86.0 Å². The maximum absolute atomic E-state index is 5.87. The second-order valence-corrected chi connectivity index (χ2v) is 5.85. The van der Waals surface area contributed by atoms with Gasteiger partial charge in [-0.2, -0.15) is 11.8 Å². The van der Waals surface area contributed by atoms with Gasteiger partial charge in [0.15, 0.2) is 0 Å². The van der Waals surface area contributed by atoms with E-state index in [1.165, 1.54) is 12.2 Å². The van der Waals surface area contributed by atoms with Gasteiger partial charge in [-0.15, -0.1) is 0 Å². The summed E-state index contributed by atoms with van der Waals surface area (Å²) >= 11 is 2.04. The SMILES string of the molecule is CC(C)CNC1(CN)CCSC1C. The fourth-order valence-electron chi connectivity index (χ4n) is 1.76. The minimum absolute atomic E-state index is 0.217. The Morgan fingerprint density at radius 1 is 1.62 bits per heavy atom. The van der Waals surface area contributed by atoms with Gasteiger partial charge in [0.1, 0.15) is 0 Å². The molecule has 0 aliphatic carbocycles. The molecule has 0 saturated carbocycles. The van der Waals surface area contributed by atoms with Crippen molar-refractivity contribution in [2.24, 2.45) is 11.7 Å². The Kier molecular flexibility index (Phi) is 4.07. The number of thioether (sulfide) groups is 1. The molecule has 0 radical (unpaired) electrons. The molecule has 2 atom stereocenters. The summed E-state index contributed by atoms with van der Waals surface area (Å²) in [5, 5.41) is 4.31. The lowest BCUT2D eigenvalue weighted by Gasteiger charge is -2.33. The van der Waals surface area contributed by atoms with Gasteiger partial charge in [0.25, 0.3) is 0 Å². The highest BCUT2D eigenvalue weighted by Gasteiger charge is 2.39. The first-order valence-electron chi connectivity index (χ1n) is 5.17. The van der Waals surface area contributed by atoms with E-state index in [1.807, 2.05) is 11.8 Å². The maximum atomic E-state index is 5.87. The first kappa shape index (κ1) is 11.3. The standard InChI is InChI=1S/C10H22N2S/c1-8(2)6-12-10(7-11)4-5-13-9(10)3/h8-9,12H,4-7,11H2,1-3H3. The Bertz CT molecular complexity index is 161. The molecule has 2 unspecified atom stereocenters. The van der Waals surface area contributed by atoms with Crippen molar-refractivity contribution < 1.29 is 0 Å². The number of rotatable bonds is 4. The van der Waals surface area contributed by atoms with Crippen molar-refractivity contribution in [2.75, 3.05) is 18.8 Å². The van der Waals surface area contributed by atoms with Crippen molar-refractivity contribution in [3.8, 4) is 0 Å². The van der Waals surface area contributed by atoms with Crippen molar-refractivity contribution in [2.45, 2.75) is 38.0 Å². The van der Waals surface area contributed by atoms with E-state index in [0.29, 0.717) is 11.2 Å². The average molecular weight is 202 g/mol. The fraction of sp³-hybridized carbons (Fsp3) is 1.00. The lowest BCUT2D eigenvalue weighted by Crippen LogP contribution is -2.56. The molecular formula is C10H22N2S. The molecule has 3 N–H and O–H groups in total. The van der Waals surface area contributed by atoms with Crippen LogP contribution in [-0.4, -0.2) is 29.6 Å². The van der Waals surface area contributed by atoms with E-state index in [4.69, 9.17) is 5.73 Å². The lowest BCUT2D eigenvalue weighted by molar-refractivity contribution is 0.317. The fourth-order valence-corrected chi connectivity index (χ4v) is 3.21. The Hall–Kier alpha value is 0.270. The molecule has 1 aliphatic rings. The van der Waals surface area contributed by atoms with Crippen LogP contribution in [0, 0.1) is 5.92 Å². The van der Waals surface area contributed by atoms with Crippen LogP contribution in [0.15, 0.2) is 0 Å². The highest BCUT2D eigenvalue weighted by atomic mass is 32.2. The molecule has 78 valence electrons. The molecule has 3 heteroatoms. The molecule has 1 saturated heterocycles. The normalized spacial score (nSPS) is 34.4. The predicted molar refractivity (Wildman–Crippen MR) is 61.2 cm³/mol. The molecule has 2 nitrogen and oxygen atoms in total. The summed E-state index contributed by atoms with van der Waals surface area (Å²) in [5.74, 6) is 1.96. The van der Waals surface area contributed by atoms with Gasteiger partial charge in [-0.05, 0) is 24.6 Å². The van der Waals surface area contributed by atoms with Crippen molar-refractivity contribution in [3.05, 3.63) is 0 Å². The zero-order chi connectivity index (χ0) is 9.90. The van der Waals surface area contributed by atoms with Gasteiger partial charge in [-0.3, -0.25) is 0 Å². The van der Waals surface area contributed by atoms with Crippen molar-refractivity contribution in [1.29, 1.82) is 0 Å². The third-order valence-corrected chi connectivity index (χ3v) is 4.31. The summed E-state index contributed by atoms with van der Waals surface area (Å²) in [7, 11) is 0. The van der Waals surface area contributed by atoms with Crippen LogP contribution in [0.1, 0.15) is 27.2 Å². The molecule has 0 bridgehead atoms. The molecule has 13 heavy (non-hydrogen) atoms. The van der Waals surface area contributed by atoms with Gasteiger partial charge in [-0.25, -0.2) is 0 Å². The number of hydrogen-bond donors (Lipinski definition) is 2. The highest BCUT2D eigenvalue weighted by molar-refractivity contribution is 8.00. The zero-order valence-electron chi connectivity index (χ0n) is 8.97.